The number of halogens is 2. The summed E-state index contributed by atoms with van der Waals surface area (Å²) in [6.45, 7) is 2.67. The fourth-order valence-electron chi connectivity index (χ4n) is 3.41. The number of benzene rings is 2. The highest BCUT2D eigenvalue weighted by atomic mass is 35.5. The van der Waals surface area contributed by atoms with E-state index in [1.165, 1.54) is 9.87 Å². The Hall–Kier alpha value is -1.60. The fourth-order valence-corrected chi connectivity index (χ4v) is 5.33. The Morgan fingerprint density at radius 2 is 1.79 bits per heavy atom. The SMILES string of the molecule is CCc1ccc(NC(=O)C2CCCN(S(=O)(=O)Cc3ccc(Cl)c(Cl)c3)C2)cc1. The Morgan fingerprint density at radius 3 is 2.45 bits per heavy atom. The molecule has 0 saturated carbocycles. The molecule has 3 rings (SSSR count). The van der Waals surface area contributed by atoms with Gasteiger partial charge in [-0.3, -0.25) is 4.79 Å². The lowest BCUT2D eigenvalue weighted by Crippen LogP contribution is -2.44. The Bertz CT molecular complexity index is 978. The van der Waals surface area contributed by atoms with E-state index in [2.05, 4.69) is 12.2 Å². The molecule has 1 aliphatic rings. The van der Waals surface area contributed by atoms with Crippen LogP contribution in [0.5, 0.6) is 0 Å². The van der Waals surface area contributed by atoms with Crippen LogP contribution in [-0.2, 0) is 27.0 Å². The molecule has 2 aromatic carbocycles. The summed E-state index contributed by atoms with van der Waals surface area (Å²) < 4.78 is 27.1. The minimum atomic E-state index is -3.56. The van der Waals surface area contributed by atoms with Gasteiger partial charge in [0.1, 0.15) is 0 Å². The molecule has 156 valence electrons. The third-order valence-corrected chi connectivity index (χ3v) is 7.67. The summed E-state index contributed by atoms with van der Waals surface area (Å²) in [5.41, 5.74) is 2.49. The third-order valence-electron chi connectivity index (χ3n) is 5.11. The first-order valence-electron chi connectivity index (χ1n) is 9.60. The number of amides is 1. The van der Waals surface area contributed by atoms with Crippen LogP contribution in [0.4, 0.5) is 5.69 Å². The molecular weight excluding hydrogens is 431 g/mol. The zero-order valence-corrected chi connectivity index (χ0v) is 18.5. The molecule has 0 radical (unpaired) electrons. The van der Waals surface area contributed by atoms with Gasteiger partial charge in [0.15, 0.2) is 0 Å². The Kier molecular flexibility index (Phi) is 7.22. The van der Waals surface area contributed by atoms with Crippen molar-refractivity contribution in [2.24, 2.45) is 5.92 Å². The van der Waals surface area contributed by atoms with Crippen molar-refractivity contribution >= 4 is 44.8 Å². The fraction of sp³-hybridized carbons (Fsp3) is 0.381. The van der Waals surface area contributed by atoms with Crippen LogP contribution in [0.1, 0.15) is 30.9 Å². The minimum absolute atomic E-state index is 0.149. The number of sulfonamides is 1. The number of nitrogens with zero attached hydrogens (tertiary/aromatic N) is 1. The van der Waals surface area contributed by atoms with Crippen LogP contribution in [0.15, 0.2) is 42.5 Å². The molecule has 0 spiro atoms. The molecule has 1 aliphatic heterocycles. The largest absolute Gasteiger partial charge is 0.326 e. The van der Waals surface area contributed by atoms with E-state index in [-0.39, 0.29) is 24.1 Å². The zero-order valence-electron chi connectivity index (χ0n) is 16.2. The van der Waals surface area contributed by atoms with Crippen molar-refractivity contribution in [2.75, 3.05) is 18.4 Å². The molecular formula is C21H24Cl2N2O3S. The lowest BCUT2D eigenvalue weighted by molar-refractivity contribution is -0.120. The lowest BCUT2D eigenvalue weighted by atomic mass is 9.98. The number of piperidine rings is 1. The predicted octanol–water partition coefficient (Wildman–Crippen LogP) is 4.74. The van der Waals surface area contributed by atoms with Crippen molar-refractivity contribution in [3.8, 4) is 0 Å². The Morgan fingerprint density at radius 1 is 1.10 bits per heavy atom. The first kappa shape index (κ1) is 22.1. The first-order chi connectivity index (χ1) is 13.8. The van der Waals surface area contributed by atoms with E-state index in [1.807, 2.05) is 24.3 Å². The van der Waals surface area contributed by atoms with Gasteiger partial charge in [0.2, 0.25) is 15.9 Å². The van der Waals surface area contributed by atoms with Gasteiger partial charge in [-0.2, -0.15) is 0 Å². The predicted molar refractivity (Wildman–Crippen MR) is 118 cm³/mol. The molecule has 0 bridgehead atoms. The molecule has 1 atom stereocenters. The average molecular weight is 455 g/mol. The van der Waals surface area contributed by atoms with Gasteiger partial charge in [0.05, 0.1) is 21.7 Å². The highest BCUT2D eigenvalue weighted by Crippen LogP contribution is 2.26. The number of rotatable bonds is 6. The van der Waals surface area contributed by atoms with Crippen molar-refractivity contribution in [1.82, 2.24) is 4.31 Å². The molecule has 1 N–H and O–H groups in total. The Labute approximate surface area is 182 Å². The topological polar surface area (TPSA) is 66.5 Å². The normalized spacial score (nSPS) is 17.8. The van der Waals surface area contributed by atoms with Crippen molar-refractivity contribution < 1.29 is 13.2 Å². The van der Waals surface area contributed by atoms with Crippen LogP contribution in [0.3, 0.4) is 0 Å². The molecule has 2 aromatic rings. The molecule has 1 fully saturated rings. The molecule has 1 unspecified atom stereocenters. The van der Waals surface area contributed by atoms with Crippen LogP contribution < -0.4 is 5.32 Å². The number of hydrogen-bond acceptors (Lipinski definition) is 3. The van der Waals surface area contributed by atoms with E-state index in [0.717, 1.165) is 12.1 Å². The number of anilines is 1. The van der Waals surface area contributed by atoms with E-state index in [9.17, 15) is 13.2 Å². The maximum atomic E-state index is 12.9. The summed E-state index contributed by atoms with van der Waals surface area (Å²) >= 11 is 11.9. The van der Waals surface area contributed by atoms with Crippen LogP contribution >= 0.6 is 23.2 Å². The lowest BCUT2D eigenvalue weighted by Gasteiger charge is -2.31. The Balaban J connectivity index is 1.65. The van der Waals surface area contributed by atoms with Crippen LogP contribution in [0.2, 0.25) is 10.0 Å². The van der Waals surface area contributed by atoms with Gasteiger partial charge in [-0.25, -0.2) is 12.7 Å². The minimum Gasteiger partial charge on any atom is -0.326 e. The van der Waals surface area contributed by atoms with Gasteiger partial charge < -0.3 is 5.32 Å². The van der Waals surface area contributed by atoms with Crippen LogP contribution in [-0.4, -0.2) is 31.7 Å². The van der Waals surface area contributed by atoms with E-state index in [1.54, 1.807) is 18.2 Å². The average Bonchev–Trinajstić information content (AvgIpc) is 2.71. The van der Waals surface area contributed by atoms with Gasteiger partial charge in [0, 0.05) is 18.8 Å². The molecule has 0 aromatic heterocycles. The van der Waals surface area contributed by atoms with Crippen molar-refractivity contribution in [2.45, 2.75) is 31.9 Å². The van der Waals surface area contributed by atoms with Crippen LogP contribution in [0.25, 0.3) is 0 Å². The molecule has 1 saturated heterocycles. The van der Waals surface area contributed by atoms with Gasteiger partial charge in [0.25, 0.3) is 0 Å². The molecule has 1 amide bonds. The molecule has 29 heavy (non-hydrogen) atoms. The summed E-state index contributed by atoms with van der Waals surface area (Å²) in [4.78, 5) is 12.7. The van der Waals surface area contributed by atoms with E-state index >= 15 is 0 Å². The summed E-state index contributed by atoms with van der Waals surface area (Å²) in [7, 11) is -3.56. The third kappa shape index (κ3) is 5.72. The van der Waals surface area contributed by atoms with Gasteiger partial charge in [-0.1, -0.05) is 48.3 Å². The molecule has 1 heterocycles. The number of carbonyl (C=O) groups is 1. The van der Waals surface area contributed by atoms with Crippen LogP contribution in [0, 0.1) is 5.92 Å². The van der Waals surface area contributed by atoms with Crippen molar-refractivity contribution in [1.29, 1.82) is 0 Å². The van der Waals surface area contributed by atoms with E-state index in [4.69, 9.17) is 23.2 Å². The molecule has 5 nitrogen and oxygen atoms in total. The second kappa shape index (κ2) is 9.47. The summed E-state index contributed by atoms with van der Waals surface area (Å²) in [5, 5.41) is 3.61. The smallest absolute Gasteiger partial charge is 0.228 e. The summed E-state index contributed by atoms with van der Waals surface area (Å²) in [5.74, 6) is -0.696. The molecule has 8 heteroatoms. The maximum absolute atomic E-state index is 12.9. The van der Waals surface area contributed by atoms with Gasteiger partial charge in [-0.15, -0.1) is 0 Å². The van der Waals surface area contributed by atoms with Gasteiger partial charge in [-0.05, 0) is 54.7 Å². The highest BCUT2D eigenvalue weighted by molar-refractivity contribution is 7.88. The van der Waals surface area contributed by atoms with E-state index in [0.29, 0.717) is 35.0 Å². The summed E-state index contributed by atoms with van der Waals surface area (Å²) in [6.07, 6.45) is 2.24. The van der Waals surface area contributed by atoms with Crippen molar-refractivity contribution in [3.05, 3.63) is 63.6 Å². The second-order valence-corrected chi connectivity index (χ2v) is 10.0. The standard InChI is InChI=1S/C21H24Cl2N2O3S/c1-2-15-5-8-18(9-6-15)24-21(26)17-4-3-11-25(13-17)29(27,28)14-16-7-10-19(22)20(23)12-16/h5-10,12,17H,2-4,11,13-14H2,1H3,(H,24,26). The number of aryl methyl sites for hydroxylation is 1. The zero-order chi connectivity index (χ0) is 21.0. The molecule has 0 aliphatic carbocycles. The highest BCUT2D eigenvalue weighted by Gasteiger charge is 2.32. The number of hydrogen-bond donors (Lipinski definition) is 1. The monoisotopic (exact) mass is 454 g/mol. The van der Waals surface area contributed by atoms with Crippen molar-refractivity contribution in [3.63, 3.8) is 0 Å². The quantitative estimate of drug-likeness (QED) is 0.685. The maximum Gasteiger partial charge on any atom is 0.228 e. The second-order valence-electron chi connectivity index (χ2n) is 7.24. The number of carbonyl (C=O) groups excluding carboxylic acids is 1. The first-order valence-corrected chi connectivity index (χ1v) is 12.0. The van der Waals surface area contributed by atoms with E-state index < -0.39 is 10.0 Å². The van der Waals surface area contributed by atoms with Gasteiger partial charge >= 0.3 is 0 Å². The number of nitrogens with one attached hydrogen (secondary N) is 1. The summed E-state index contributed by atoms with van der Waals surface area (Å²) in [6, 6.07) is 12.5.